The van der Waals surface area contributed by atoms with E-state index in [1.54, 1.807) is 4.57 Å². The number of aromatic nitrogens is 3. The molecule has 0 aliphatic rings. The van der Waals surface area contributed by atoms with Gasteiger partial charge in [0.2, 0.25) is 0 Å². The Labute approximate surface area is 126 Å². The summed E-state index contributed by atoms with van der Waals surface area (Å²) in [5.41, 5.74) is 1.76. The Balaban J connectivity index is 2.26. The van der Waals surface area contributed by atoms with Gasteiger partial charge in [0.25, 0.3) is 5.56 Å². The topological polar surface area (TPSA) is 47.8 Å². The fourth-order valence-electron chi connectivity index (χ4n) is 2.09. The number of benzene rings is 2. The maximum Gasteiger partial charge on any atom is 0.285 e. The largest absolute Gasteiger partial charge is 0.285 e. The second-order valence-corrected chi connectivity index (χ2v) is 5.15. The third-order valence-electron chi connectivity index (χ3n) is 3.08. The molecular formula is C16H13N3OS. The summed E-state index contributed by atoms with van der Waals surface area (Å²) in [6.45, 7) is 0. The molecular weight excluding hydrogens is 282 g/mol. The highest BCUT2D eigenvalue weighted by Gasteiger charge is 2.14. The average molecular weight is 295 g/mol. The number of rotatable bonds is 3. The van der Waals surface area contributed by atoms with Crippen molar-refractivity contribution in [2.75, 3.05) is 6.26 Å². The molecule has 5 heteroatoms. The fourth-order valence-corrected chi connectivity index (χ4v) is 2.58. The first-order chi connectivity index (χ1) is 10.3. The number of hydrogen-bond donors (Lipinski definition) is 0. The van der Waals surface area contributed by atoms with E-state index in [-0.39, 0.29) is 5.56 Å². The predicted molar refractivity (Wildman–Crippen MR) is 84.8 cm³/mol. The van der Waals surface area contributed by atoms with Crippen LogP contribution in [0.1, 0.15) is 0 Å². The number of para-hydroxylation sites is 1. The minimum absolute atomic E-state index is 0.160. The molecule has 0 unspecified atom stereocenters. The van der Waals surface area contributed by atoms with Crippen LogP contribution in [0.2, 0.25) is 0 Å². The van der Waals surface area contributed by atoms with Crippen LogP contribution in [0.4, 0.5) is 0 Å². The predicted octanol–water partition coefficient (Wildman–Crippen LogP) is 3.02. The van der Waals surface area contributed by atoms with E-state index in [0.717, 1.165) is 11.3 Å². The third kappa shape index (κ3) is 2.60. The van der Waals surface area contributed by atoms with Crippen LogP contribution in [0.3, 0.4) is 0 Å². The summed E-state index contributed by atoms with van der Waals surface area (Å²) < 4.78 is 1.60. The molecule has 0 aliphatic heterocycles. The molecule has 1 heterocycles. The fraction of sp³-hybridized carbons (Fsp3) is 0.0625. The molecule has 0 radical (unpaired) electrons. The Morgan fingerprint density at radius 1 is 0.905 bits per heavy atom. The van der Waals surface area contributed by atoms with Crippen molar-refractivity contribution in [3.63, 3.8) is 0 Å². The minimum Gasteiger partial charge on any atom is -0.266 e. The summed E-state index contributed by atoms with van der Waals surface area (Å²) in [6, 6.07) is 18.9. The zero-order valence-electron chi connectivity index (χ0n) is 11.4. The van der Waals surface area contributed by atoms with Gasteiger partial charge in [-0.25, -0.2) is 0 Å². The molecule has 2 aromatic carbocycles. The van der Waals surface area contributed by atoms with Gasteiger partial charge in [-0.15, -0.1) is 10.2 Å². The highest BCUT2D eigenvalue weighted by molar-refractivity contribution is 7.98. The molecule has 0 saturated carbocycles. The zero-order chi connectivity index (χ0) is 14.7. The van der Waals surface area contributed by atoms with Crippen LogP contribution >= 0.6 is 11.8 Å². The number of nitrogens with zero attached hydrogens (tertiary/aromatic N) is 3. The van der Waals surface area contributed by atoms with E-state index < -0.39 is 0 Å². The SMILES string of the molecule is CSc1nnc(-c2ccccc2)c(=O)n1-c1ccccc1. The molecule has 3 rings (SSSR count). The standard InChI is InChI=1S/C16H13N3OS/c1-21-16-18-17-14(12-8-4-2-5-9-12)15(20)19(16)13-10-6-3-7-11-13/h2-11H,1H3. The highest BCUT2D eigenvalue weighted by Crippen LogP contribution is 2.18. The smallest absolute Gasteiger partial charge is 0.266 e. The van der Waals surface area contributed by atoms with Gasteiger partial charge in [0.15, 0.2) is 10.9 Å². The van der Waals surface area contributed by atoms with Crippen LogP contribution in [0, 0.1) is 0 Å². The van der Waals surface area contributed by atoms with Crippen molar-refractivity contribution < 1.29 is 0 Å². The van der Waals surface area contributed by atoms with Crippen molar-refractivity contribution in [1.82, 2.24) is 14.8 Å². The summed E-state index contributed by atoms with van der Waals surface area (Å²) in [4.78, 5) is 12.8. The molecule has 104 valence electrons. The molecule has 0 bridgehead atoms. The monoisotopic (exact) mass is 295 g/mol. The Bertz CT molecular complexity index is 801. The van der Waals surface area contributed by atoms with E-state index in [1.807, 2.05) is 66.9 Å². The Hall–Kier alpha value is -2.40. The second-order valence-electron chi connectivity index (χ2n) is 4.38. The molecule has 1 aromatic heterocycles. The molecule has 0 spiro atoms. The van der Waals surface area contributed by atoms with E-state index in [1.165, 1.54) is 11.8 Å². The first kappa shape index (κ1) is 13.6. The summed E-state index contributed by atoms with van der Waals surface area (Å²) in [6.07, 6.45) is 1.88. The van der Waals surface area contributed by atoms with Crippen LogP contribution in [0.25, 0.3) is 16.9 Å². The van der Waals surface area contributed by atoms with Gasteiger partial charge in [-0.3, -0.25) is 9.36 Å². The van der Waals surface area contributed by atoms with Gasteiger partial charge >= 0.3 is 0 Å². The Morgan fingerprint density at radius 3 is 2.14 bits per heavy atom. The molecule has 4 nitrogen and oxygen atoms in total. The normalized spacial score (nSPS) is 10.5. The van der Waals surface area contributed by atoms with Crippen molar-refractivity contribution in [3.05, 3.63) is 71.0 Å². The second kappa shape index (κ2) is 5.93. The molecule has 0 amide bonds. The third-order valence-corrected chi connectivity index (χ3v) is 3.71. The lowest BCUT2D eigenvalue weighted by atomic mass is 10.2. The molecule has 21 heavy (non-hydrogen) atoms. The number of thioether (sulfide) groups is 1. The average Bonchev–Trinajstić information content (AvgIpc) is 2.56. The molecule has 0 aliphatic carbocycles. The maximum atomic E-state index is 12.8. The summed E-state index contributed by atoms with van der Waals surface area (Å²) in [5, 5.41) is 8.86. The van der Waals surface area contributed by atoms with Gasteiger partial charge in [-0.05, 0) is 18.4 Å². The molecule has 0 saturated heterocycles. The van der Waals surface area contributed by atoms with Crippen molar-refractivity contribution in [3.8, 4) is 16.9 Å². The van der Waals surface area contributed by atoms with Crippen molar-refractivity contribution in [2.24, 2.45) is 0 Å². The summed E-state index contributed by atoms with van der Waals surface area (Å²) >= 11 is 1.40. The van der Waals surface area contributed by atoms with Gasteiger partial charge in [0, 0.05) is 5.56 Å². The lowest BCUT2D eigenvalue weighted by molar-refractivity contribution is 0.734. The lowest BCUT2D eigenvalue weighted by Crippen LogP contribution is -2.24. The summed E-state index contributed by atoms with van der Waals surface area (Å²) in [7, 11) is 0. The van der Waals surface area contributed by atoms with Crippen LogP contribution < -0.4 is 5.56 Å². The van der Waals surface area contributed by atoms with Crippen LogP contribution in [-0.4, -0.2) is 21.0 Å². The molecule has 0 fully saturated rings. The highest BCUT2D eigenvalue weighted by atomic mass is 32.2. The molecule has 0 atom stereocenters. The minimum atomic E-state index is -0.160. The Morgan fingerprint density at radius 2 is 1.52 bits per heavy atom. The van der Waals surface area contributed by atoms with E-state index in [2.05, 4.69) is 10.2 Å². The summed E-state index contributed by atoms with van der Waals surface area (Å²) in [5.74, 6) is 0. The van der Waals surface area contributed by atoms with Gasteiger partial charge in [0.1, 0.15) is 0 Å². The van der Waals surface area contributed by atoms with Crippen LogP contribution in [0.15, 0.2) is 70.6 Å². The van der Waals surface area contributed by atoms with E-state index in [4.69, 9.17) is 0 Å². The van der Waals surface area contributed by atoms with E-state index in [9.17, 15) is 4.79 Å². The van der Waals surface area contributed by atoms with Gasteiger partial charge in [0.05, 0.1) is 5.69 Å². The van der Waals surface area contributed by atoms with Gasteiger partial charge in [-0.2, -0.15) is 0 Å². The molecule has 0 N–H and O–H groups in total. The zero-order valence-corrected chi connectivity index (χ0v) is 12.2. The van der Waals surface area contributed by atoms with Crippen molar-refractivity contribution in [2.45, 2.75) is 5.16 Å². The maximum absolute atomic E-state index is 12.8. The van der Waals surface area contributed by atoms with Crippen molar-refractivity contribution in [1.29, 1.82) is 0 Å². The van der Waals surface area contributed by atoms with Gasteiger partial charge in [-0.1, -0.05) is 60.3 Å². The first-order valence-corrected chi connectivity index (χ1v) is 7.68. The van der Waals surface area contributed by atoms with Gasteiger partial charge < -0.3 is 0 Å². The van der Waals surface area contributed by atoms with E-state index in [0.29, 0.717) is 10.9 Å². The molecule has 3 aromatic rings. The Kier molecular flexibility index (Phi) is 3.83. The van der Waals surface area contributed by atoms with Crippen LogP contribution in [0.5, 0.6) is 0 Å². The first-order valence-electron chi connectivity index (χ1n) is 6.46. The quantitative estimate of drug-likeness (QED) is 0.697. The van der Waals surface area contributed by atoms with E-state index >= 15 is 0 Å². The van der Waals surface area contributed by atoms with Crippen molar-refractivity contribution >= 4 is 11.8 Å². The lowest BCUT2D eigenvalue weighted by Gasteiger charge is -2.10. The van der Waals surface area contributed by atoms with Crippen LogP contribution in [-0.2, 0) is 0 Å². The number of hydrogen-bond acceptors (Lipinski definition) is 4.